The Morgan fingerprint density at radius 3 is 2.58 bits per heavy atom. The molecule has 0 saturated carbocycles. The van der Waals surface area contributed by atoms with E-state index in [4.69, 9.17) is 4.74 Å². The summed E-state index contributed by atoms with van der Waals surface area (Å²) in [4.78, 5) is 23.2. The van der Waals surface area contributed by atoms with Crippen molar-refractivity contribution >= 4 is 23.3 Å². The summed E-state index contributed by atoms with van der Waals surface area (Å²) < 4.78 is 28.1. The maximum absolute atomic E-state index is 14.1. The molecule has 0 aromatic heterocycles. The standard InChI is InChI=1S/C16H21FN2O5/c1-22-9-5-8-18-15-11(17)6-4-7-12(15)19-13(16(21)24-3)10-14(20)23-2/h4,6-7,10,18-19H,5,8-9H2,1-3H3/b13-10+. The number of carbonyl (C=O) groups is 2. The molecule has 24 heavy (non-hydrogen) atoms. The molecule has 0 aliphatic rings. The number of para-hydroxylation sites is 1. The van der Waals surface area contributed by atoms with E-state index in [-0.39, 0.29) is 17.1 Å². The summed E-state index contributed by atoms with van der Waals surface area (Å²) in [6, 6.07) is 4.33. The molecule has 0 heterocycles. The van der Waals surface area contributed by atoms with Crippen LogP contribution in [0.3, 0.4) is 0 Å². The van der Waals surface area contributed by atoms with Crippen LogP contribution in [0.25, 0.3) is 0 Å². The molecule has 8 heteroatoms. The molecule has 0 amide bonds. The minimum atomic E-state index is -0.782. The summed E-state index contributed by atoms with van der Waals surface area (Å²) in [5.74, 6) is -2.02. The van der Waals surface area contributed by atoms with Gasteiger partial charge in [-0.3, -0.25) is 0 Å². The monoisotopic (exact) mass is 340 g/mol. The van der Waals surface area contributed by atoms with Crippen molar-refractivity contribution < 1.29 is 28.2 Å². The number of esters is 2. The van der Waals surface area contributed by atoms with Crippen molar-refractivity contribution in [2.75, 3.05) is 45.1 Å². The second-order valence-corrected chi connectivity index (χ2v) is 4.63. The van der Waals surface area contributed by atoms with Gasteiger partial charge in [-0.05, 0) is 18.6 Å². The Hall–Kier alpha value is -2.61. The summed E-state index contributed by atoms with van der Waals surface area (Å²) in [7, 11) is 3.93. The molecule has 0 aliphatic heterocycles. The molecule has 1 aromatic carbocycles. The molecule has 0 atom stereocenters. The lowest BCUT2D eigenvalue weighted by Gasteiger charge is -2.15. The van der Waals surface area contributed by atoms with E-state index in [1.54, 1.807) is 13.2 Å². The molecule has 1 aromatic rings. The number of benzene rings is 1. The number of halogens is 1. The van der Waals surface area contributed by atoms with Gasteiger partial charge in [0.1, 0.15) is 11.5 Å². The van der Waals surface area contributed by atoms with Crippen LogP contribution in [0.4, 0.5) is 15.8 Å². The Bertz CT molecular complexity index is 604. The maximum atomic E-state index is 14.1. The quantitative estimate of drug-likeness (QED) is 0.403. The number of carbonyl (C=O) groups excluding carboxylic acids is 2. The average Bonchev–Trinajstić information content (AvgIpc) is 2.59. The highest BCUT2D eigenvalue weighted by atomic mass is 19.1. The van der Waals surface area contributed by atoms with E-state index >= 15 is 0 Å². The fraction of sp³-hybridized carbons (Fsp3) is 0.375. The zero-order valence-corrected chi connectivity index (χ0v) is 13.8. The van der Waals surface area contributed by atoms with E-state index in [2.05, 4.69) is 20.1 Å². The smallest absolute Gasteiger partial charge is 0.354 e. The van der Waals surface area contributed by atoms with E-state index < -0.39 is 17.8 Å². The predicted octanol–water partition coefficient (Wildman–Crippen LogP) is 1.92. The molecule has 1 rings (SSSR count). The van der Waals surface area contributed by atoms with Gasteiger partial charge in [-0.1, -0.05) is 6.07 Å². The van der Waals surface area contributed by atoms with Gasteiger partial charge in [-0.2, -0.15) is 0 Å². The van der Waals surface area contributed by atoms with E-state index in [1.165, 1.54) is 26.4 Å². The second kappa shape index (κ2) is 10.2. The molecule has 7 nitrogen and oxygen atoms in total. The number of methoxy groups -OCH3 is 3. The Labute approximate surface area is 139 Å². The summed E-state index contributed by atoms with van der Waals surface area (Å²) in [5, 5.41) is 5.63. The fourth-order valence-corrected chi connectivity index (χ4v) is 1.82. The first-order chi connectivity index (χ1) is 11.5. The van der Waals surface area contributed by atoms with Crippen LogP contribution in [0.2, 0.25) is 0 Å². The van der Waals surface area contributed by atoms with Crippen LogP contribution in [-0.4, -0.2) is 46.4 Å². The van der Waals surface area contributed by atoms with E-state index in [0.29, 0.717) is 19.6 Å². The van der Waals surface area contributed by atoms with Crippen molar-refractivity contribution in [1.29, 1.82) is 0 Å². The van der Waals surface area contributed by atoms with Crippen LogP contribution in [-0.2, 0) is 23.8 Å². The van der Waals surface area contributed by atoms with Crippen LogP contribution in [0.15, 0.2) is 30.0 Å². The maximum Gasteiger partial charge on any atom is 0.354 e. The predicted molar refractivity (Wildman–Crippen MR) is 87.1 cm³/mol. The topological polar surface area (TPSA) is 85.9 Å². The molecule has 0 aliphatic carbocycles. The third kappa shape index (κ3) is 5.88. The fourth-order valence-electron chi connectivity index (χ4n) is 1.82. The molecule has 0 fully saturated rings. The van der Waals surface area contributed by atoms with Gasteiger partial charge in [0.05, 0.1) is 31.7 Å². The lowest BCUT2D eigenvalue weighted by atomic mass is 10.2. The number of ether oxygens (including phenoxy) is 3. The second-order valence-electron chi connectivity index (χ2n) is 4.63. The van der Waals surface area contributed by atoms with Crippen molar-refractivity contribution in [3.63, 3.8) is 0 Å². The van der Waals surface area contributed by atoms with Crippen molar-refractivity contribution in [1.82, 2.24) is 0 Å². The number of hydrogen-bond donors (Lipinski definition) is 2. The molecule has 0 bridgehead atoms. The van der Waals surface area contributed by atoms with Gasteiger partial charge in [-0.15, -0.1) is 0 Å². The zero-order valence-electron chi connectivity index (χ0n) is 13.8. The molecule has 0 radical (unpaired) electrons. The molecule has 2 N–H and O–H groups in total. The largest absolute Gasteiger partial charge is 0.466 e. The summed E-state index contributed by atoms with van der Waals surface area (Å²) >= 11 is 0. The minimum Gasteiger partial charge on any atom is -0.466 e. The average molecular weight is 340 g/mol. The van der Waals surface area contributed by atoms with Crippen LogP contribution in [0.5, 0.6) is 0 Å². The van der Waals surface area contributed by atoms with Gasteiger partial charge < -0.3 is 24.8 Å². The van der Waals surface area contributed by atoms with Crippen LogP contribution in [0.1, 0.15) is 6.42 Å². The summed E-state index contributed by atoms with van der Waals surface area (Å²) in [5.41, 5.74) is 0.288. The Balaban J connectivity index is 3.02. The third-order valence-electron chi connectivity index (χ3n) is 2.98. The Morgan fingerprint density at radius 1 is 1.21 bits per heavy atom. The lowest BCUT2D eigenvalue weighted by Crippen LogP contribution is -2.17. The highest BCUT2D eigenvalue weighted by molar-refractivity contribution is 5.99. The van der Waals surface area contributed by atoms with Crippen LogP contribution >= 0.6 is 0 Å². The van der Waals surface area contributed by atoms with Crippen LogP contribution in [0, 0.1) is 5.82 Å². The number of anilines is 2. The first-order valence-corrected chi connectivity index (χ1v) is 7.19. The molecular weight excluding hydrogens is 319 g/mol. The summed E-state index contributed by atoms with van der Waals surface area (Å²) in [6.07, 6.45) is 1.61. The molecule has 132 valence electrons. The van der Waals surface area contributed by atoms with E-state index in [9.17, 15) is 14.0 Å². The Morgan fingerprint density at radius 2 is 1.96 bits per heavy atom. The van der Waals surface area contributed by atoms with Gasteiger partial charge >= 0.3 is 11.9 Å². The number of rotatable bonds is 9. The first-order valence-electron chi connectivity index (χ1n) is 7.19. The van der Waals surface area contributed by atoms with Crippen molar-refractivity contribution in [2.24, 2.45) is 0 Å². The van der Waals surface area contributed by atoms with Crippen molar-refractivity contribution in [3.05, 3.63) is 35.8 Å². The first kappa shape index (κ1) is 19.4. The molecule has 0 spiro atoms. The molecule has 0 saturated heterocycles. The van der Waals surface area contributed by atoms with Crippen molar-refractivity contribution in [2.45, 2.75) is 6.42 Å². The zero-order chi connectivity index (χ0) is 17.9. The van der Waals surface area contributed by atoms with Gasteiger partial charge in [-0.25, -0.2) is 14.0 Å². The van der Waals surface area contributed by atoms with Gasteiger partial charge in [0, 0.05) is 20.3 Å². The van der Waals surface area contributed by atoms with Gasteiger partial charge in [0.25, 0.3) is 0 Å². The van der Waals surface area contributed by atoms with Gasteiger partial charge in [0.15, 0.2) is 0 Å². The Kier molecular flexibility index (Phi) is 8.28. The highest BCUT2D eigenvalue weighted by Gasteiger charge is 2.16. The third-order valence-corrected chi connectivity index (χ3v) is 2.98. The molecular formula is C16H21FN2O5. The van der Waals surface area contributed by atoms with Crippen LogP contribution < -0.4 is 10.6 Å². The van der Waals surface area contributed by atoms with Crippen molar-refractivity contribution in [3.8, 4) is 0 Å². The lowest BCUT2D eigenvalue weighted by molar-refractivity contribution is -0.138. The van der Waals surface area contributed by atoms with E-state index in [1.807, 2.05) is 0 Å². The highest BCUT2D eigenvalue weighted by Crippen LogP contribution is 2.26. The minimum absolute atomic E-state index is 0.171. The van der Waals surface area contributed by atoms with Gasteiger partial charge in [0.2, 0.25) is 0 Å². The number of hydrogen-bond acceptors (Lipinski definition) is 7. The summed E-state index contributed by atoms with van der Waals surface area (Å²) in [6.45, 7) is 0.998. The van der Waals surface area contributed by atoms with E-state index in [0.717, 1.165) is 6.08 Å². The normalized spacial score (nSPS) is 10.9. The molecule has 0 unspecified atom stereocenters. The SMILES string of the molecule is COCCCNc1c(F)cccc1N/C(=C/C(=O)OC)C(=O)OC. The number of nitrogens with one attached hydrogen (secondary N) is 2.